The molecule has 300 valence electrons. The highest BCUT2D eigenvalue weighted by molar-refractivity contribution is 7.26. The van der Waals surface area contributed by atoms with Crippen LogP contribution in [0.15, 0.2) is 164 Å². The van der Waals surface area contributed by atoms with Gasteiger partial charge in [-0.15, -0.1) is 11.3 Å². The first-order valence-electron chi connectivity index (χ1n) is 22.6. The second-order valence-electron chi connectivity index (χ2n) is 17.4. The maximum absolute atomic E-state index is 2.72. The molecule has 0 saturated carbocycles. The fourth-order valence-corrected chi connectivity index (χ4v) is 11.9. The van der Waals surface area contributed by atoms with E-state index in [2.05, 4.69) is 199 Å². The minimum Gasteiger partial charge on any atom is -0.367 e. The lowest BCUT2D eigenvalue weighted by atomic mass is 9.45. The Labute approximate surface area is 368 Å². The van der Waals surface area contributed by atoms with E-state index in [0.717, 1.165) is 18.5 Å². The number of benzene rings is 8. The monoisotopic (exact) mass is 817 g/mol. The topological polar surface area (TPSA) is 11.4 Å². The Balaban J connectivity index is 1.15. The van der Waals surface area contributed by atoms with E-state index < -0.39 is 0 Å². The lowest BCUT2D eigenvalue weighted by molar-refractivity contribution is 0.795. The van der Waals surface area contributed by atoms with Gasteiger partial charge in [-0.25, -0.2) is 0 Å². The molecular weight excluding hydrogens is 770 g/mol. The number of fused-ring (bicyclic) bond motifs is 11. The summed E-state index contributed by atoms with van der Waals surface area (Å²) in [4.78, 5) is 6.40. The zero-order valence-corrected chi connectivity index (χ0v) is 36.5. The van der Waals surface area contributed by atoms with Crippen LogP contribution < -0.4 is 20.7 Å². The molecule has 3 nitrogen and oxygen atoms in total. The summed E-state index contributed by atoms with van der Waals surface area (Å²) in [5.41, 5.74) is 17.9. The number of aryl methyl sites for hydroxylation is 3. The average molecular weight is 818 g/mol. The van der Waals surface area contributed by atoms with E-state index >= 15 is 0 Å². The average Bonchev–Trinajstić information content (AvgIpc) is 3.85. The van der Waals surface area contributed by atoms with Gasteiger partial charge >= 0.3 is 6.85 Å². The number of anilines is 6. The van der Waals surface area contributed by atoms with Gasteiger partial charge < -0.3 is 14.3 Å². The van der Waals surface area contributed by atoms with Crippen molar-refractivity contribution < 1.29 is 0 Å². The fraction of sp³-hybridized carbons (Fsp3) is 0.158. The Kier molecular flexibility index (Phi) is 8.90. The molecule has 0 fully saturated rings. The van der Waals surface area contributed by atoms with Crippen LogP contribution in [0.2, 0.25) is 0 Å². The second-order valence-corrected chi connectivity index (χ2v) is 18.4. The predicted molar refractivity (Wildman–Crippen MR) is 270 cm³/mol. The van der Waals surface area contributed by atoms with Crippen molar-refractivity contribution in [3.63, 3.8) is 0 Å². The molecule has 4 heterocycles. The molecule has 10 aromatic rings. The number of thiophene rings is 1. The van der Waals surface area contributed by atoms with Crippen molar-refractivity contribution in [2.24, 2.45) is 0 Å². The summed E-state index contributed by atoms with van der Waals surface area (Å²) in [6.45, 7) is 6.78. The first kappa shape index (κ1) is 37.2. The second kappa shape index (κ2) is 14.8. The largest absolute Gasteiger partial charge is 0.367 e. The van der Waals surface area contributed by atoms with E-state index in [1.807, 2.05) is 11.3 Å². The molecule has 2 aromatic heterocycles. The standard InChI is InChI=1S/C57H48BN3S/c1-4-6-16-38-25-29-41(30-26-38)59(42-31-27-39(28-32-42)17-7-5-2)43-33-34-48-50(36-43)60(49-23-12-8-15-37(49)3)51-35-40-18-9-10-19-44(40)53-46-21-14-22-47-54-45-20-11-13-24-52(45)62-57(54)61(56(46)47)58(48)55(51)53/h8-15,18-36H,4-7,16-17H2,1-3H3. The predicted octanol–water partition coefficient (Wildman–Crippen LogP) is 15.0. The van der Waals surface area contributed by atoms with E-state index in [1.54, 1.807) is 0 Å². The smallest absolute Gasteiger partial charge is 0.333 e. The van der Waals surface area contributed by atoms with Crippen molar-refractivity contribution in [1.29, 1.82) is 0 Å². The number of rotatable bonds is 10. The summed E-state index contributed by atoms with van der Waals surface area (Å²) in [6.07, 6.45) is 7.00. The summed E-state index contributed by atoms with van der Waals surface area (Å²) in [5, 5.41) is 6.62. The quantitative estimate of drug-likeness (QED) is 0.127. The van der Waals surface area contributed by atoms with Gasteiger partial charge in [0.2, 0.25) is 0 Å². The van der Waals surface area contributed by atoms with Crippen LogP contribution in [0, 0.1) is 6.92 Å². The van der Waals surface area contributed by atoms with Crippen molar-refractivity contribution in [2.75, 3.05) is 9.80 Å². The highest BCUT2D eigenvalue weighted by Gasteiger charge is 2.44. The SMILES string of the molecule is CCCCc1ccc(N(c2ccc(CCCC)cc2)c2ccc3c(c2)N(c2ccccc2C)c2cc4ccccc4c4c2B3n2c3sc5ccccc5c3c3cccc-4c32)cc1. The van der Waals surface area contributed by atoms with Gasteiger partial charge in [0, 0.05) is 66.1 Å². The summed E-state index contributed by atoms with van der Waals surface area (Å²) >= 11 is 1.94. The van der Waals surface area contributed by atoms with Crippen LogP contribution in [-0.4, -0.2) is 11.3 Å². The van der Waals surface area contributed by atoms with Gasteiger partial charge in [0.1, 0.15) is 0 Å². The lowest BCUT2D eigenvalue weighted by Gasteiger charge is -2.42. The molecule has 0 radical (unpaired) electrons. The zero-order valence-electron chi connectivity index (χ0n) is 35.7. The van der Waals surface area contributed by atoms with Crippen molar-refractivity contribution in [1.82, 2.24) is 4.48 Å². The Morgan fingerprint density at radius 2 is 1.21 bits per heavy atom. The molecule has 0 N–H and O–H groups in total. The van der Waals surface area contributed by atoms with Crippen LogP contribution in [0.25, 0.3) is 53.1 Å². The number of para-hydroxylation sites is 2. The third-order valence-electron chi connectivity index (χ3n) is 13.6. The van der Waals surface area contributed by atoms with Gasteiger partial charge in [0.15, 0.2) is 0 Å². The van der Waals surface area contributed by atoms with Crippen LogP contribution in [0.1, 0.15) is 56.2 Å². The first-order valence-corrected chi connectivity index (χ1v) is 23.4. The highest BCUT2D eigenvalue weighted by Crippen LogP contribution is 2.51. The molecule has 2 aliphatic heterocycles. The molecule has 8 aromatic carbocycles. The van der Waals surface area contributed by atoms with Crippen LogP contribution in [-0.2, 0) is 12.8 Å². The number of aromatic nitrogens is 1. The molecule has 0 amide bonds. The molecule has 2 aliphatic rings. The van der Waals surface area contributed by atoms with Crippen LogP contribution in [0.3, 0.4) is 0 Å². The van der Waals surface area contributed by atoms with Crippen molar-refractivity contribution in [2.45, 2.75) is 59.3 Å². The molecule has 0 aliphatic carbocycles. The summed E-state index contributed by atoms with van der Waals surface area (Å²) in [6, 6.07) is 62.5. The van der Waals surface area contributed by atoms with Crippen LogP contribution >= 0.6 is 11.3 Å². The van der Waals surface area contributed by atoms with Gasteiger partial charge in [-0.05, 0) is 131 Å². The molecule has 5 heteroatoms. The molecule has 0 atom stereocenters. The van der Waals surface area contributed by atoms with E-state index in [-0.39, 0.29) is 6.85 Å². The third-order valence-corrected chi connectivity index (χ3v) is 14.8. The van der Waals surface area contributed by atoms with E-state index in [9.17, 15) is 0 Å². The Hall–Kier alpha value is -6.56. The molecule has 0 saturated heterocycles. The summed E-state index contributed by atoms with van der Waals surface area (Å²) in [5.74, 6) is 0. The van der Waals surface area contributed by atoms with E-state index in [4.69, 9.17) is 0 Å². The first-order chi connectivity index (χ1) is 30.6. The zero-order chi connectivity index (χ0) is 41.5. The number of hydrogen-bond acceptors (Lipinski definition) is 3. The van der Waals surface area contributed by atoms with Gasteiger partial charge in [-0.1, -0.05) is 136 Å². The highest BCUT2D eigenvalue weighted by atomic mass is 32.1. The minimum absolute atomic E-state index is 0.0268. The molecule has 0 bridgehead atoms. The summed E-state index contributed by atoms with van der Waals surface area (Å²) in [7, 11) is 0. The number of unbranched alkanes of at least 4 members (excludes halogenated alkanes) is 2. The third kappa shape index (κ3) is 5.64. The van der Waals surface area contributed by atoms with Gasteiger partial charge in [0.05, 0.1) is 4.83 Å². The van der Waals surface area contributed by atoms with Gasteiger partial charge in [-0.3, -0.25) is 0 Å². The van der Waals surface area contributed by atoms with E-state index in [0.29, 0.717) is 0 Å². The Bertz CT molecular complexity index is 3310. The summed E-state index contributed by atoms with van der Waals surface area (Å²) < 4.78 is 4.06. The molecule has 12 rings (SSSR count). The van der Waals surface area contributed by atoms with E-state index in [1.165, 1.54) is 135 Å². The lowest BCUT2D eigenvalue weighted by Crippen LogP contribution is -2.56. The number of nitrogens with zero attached hydrogens (tertiary/aromatic N) is 3. The number of hydrogen-bond donors (Lipinski definition) is 0. The molecule has 0 spiro atoms. The van der Waals surface area contributed by atoms with Gasteiger partial charge in [-0.2, -0.15) is 0 Å². The van der Waals surface area contributed by atoms with Crippen molar-refractivity contribution >= 4 is 105 Å². The Morgan fingerprint density at radius 1 is 0.565 bits per heavy atom. The Morgan fingerprint density at radius 3 is 1.94 bits per heavy atom. The maximum atomic E-state index is 2.72. The van der Waals surface area contributed by atoms with Crippen LogP contribution in [0.5, 0.6) is 0 Å². The van der Waals surface area contributed by atoms with Crippen molar-refractivity contribution in [3.8, 4) is 11.1 Å². The minimum atomic E-state index is -0.0268. The molecule has 62 heavy (non-hydrogen) atoms. The normalized spacial score (nSPS) is 12.8. The van der Waals surface area contributed by atoms with Crippen molar-refractivity contribution in [3.05, 3.63) is 180 Å². The fourth-order valence-electron chi connectivity index (χ4n) is 10.7. The maximum Gasteiger partial charge on any atom is 0.333 e. The molecule has 0 unspecified atom stereocenters. The van der Waals surface area contributed by atoms with Crippen LogP contribution in [0.4, 0.5) is 34.1 Å². The van der Waals surface area contributed by atoms with Gasteiger partial charge in [0.25, 0.3) is 0 Å². The molecular formula is C57H48BN3S.